The van der Waals surface area contributed by atoms with Gasteiger partial charge in [0.1, 0.15) is 24.7 Å². The van der Waals surface area contributed by atoms with Crippen molar-refractivity contribution in [1.29, 1.82) is 0 Å². The number of amides is 1. The molecule has 2 aromatic carbocycles. The van der Waals surface area contributed by atoms with E-state index in [2.05, 4.69) is 5.32 Å². The van der Waals surface area contributed by atoms with E-state index in [-0.39, 0.29) is 17.8 Å². The first-order valence-electron chi connectivity index (χ1n) is 8.08. The molecular formula is C19H24FN2O2+. The Morgan fingerprint density at radius 1 is 1.17 bits per heavy atom. The van der Waals surface area contributed by atoms with Gasteiger partial charge in [0.2, 0.25) is 0 Å². The van der Waals surface area contributed by atoms with Crippen LogP contribution < -0.4 is 15.0 Å². The SMILES string of the molecule is C[C@H](NC(=O)C[NH+](C)CCOc1ccc(F)cc1)c1ccccc1. The molecule has 24 heavy (non-hydrogen) atoms. The lowest BCUT2D eigenvalue weighted by atomic mass is 10.1. The van der Waals surface area contributed by atoms with E-state index in [1.165, 1.54) is 12.1 Å². The topological polar surface area (TPSA) is 42.8 Å². The highest BCUT2D eigenvalue weighted by molar-refractivity contribution is 5.77. The van der Waals surface area contributed by atoms with Crippen LogP contribution in [0.25, 0.3) is 0 Å². The van der Waals surface area contributed by atoms with Crippen LogP contribution in [0.1, 0.15) is 18.5 Å². The van der Waals surface area contributed by atoms with Crippen molar-refractivity contribution in [2.75, 3.05) is 26.7 Å². The van der Waals surface area contributed by atoms with E-state index >= 15 is 0 Å². The van der Waals surface area contributed by atoms with Gasteiger partial charge >= 0.3 is 0 Å². The highest BCUT2D eigenvalue weighted by Crippen LogP contribution is 2.11. The second kappa shape index (κ2) is 9.03. The number of carbonyl (C=O) groups is 1. The van der Waals surface area contributed by atoms with Crippen LogP contribution in [0, 0.1) is 5.82 Å². The fraction of sp³-hybridized carbons (Fsp3) is 0.316. The van der Waals surface area contributed by atoms with E-state index < -0.39 is 0 Å². The number of rotatable bonds is 8. The number of likely N-dealkylation sites (N-methyl/N-ethyl adjacent to an activating group) is 1. The van der Waals surface area contributed by atoms with E-state index in [4.69, 9.17) is 4.74 Å². The zero-order valence-corrected chi connectivity index (χ0v) is 14.1. The molecule has 0 aliphatic carbocycles. The number of benzene rings is 2. The lowest BCUT2D eigenvalue weighted by molar-refractivity contribution is -0.871. The molecule has 0 bridgehead atoms. The highest BCUT2D eigenvalue weighted by atomic mass is 19.1. The van der Waals surface area contributed by atoms with Crippen molar-refractivity contribution in [3.8, 4) is 5.75 Å². The molecule has 2 N–H and O–H groups in total. The molecule has 0 spiro atoms. The Morgan fingerprint density at radius 2 is 1.83 bits per heavy atom. The van der Waals surface area contributed by atoms with Crippen LogP contribution in [-0.4, -0.2) is 32.7 Å². The Bertz CT molecular complexity index is 632. The summed E-state index contributed by atoms with van der Waals surface area (Å²) in [6, 6.07) is 15.8. The largest absolute Gasteiger partial charge is 0.488 e. The van der Waals surface area contributed by atoms with E-state index in [0.717, 1.165) is 10.5 Å². The predicted molar refractivity (Wildman–Crippen MR) is 91.5 cm³/mol. The van der Waals surface area contributed by atoms with Crippen molar-refractivity contribution < 1.29 is 18.8 Å². The smallest absolute Gasteiger partial charge is 0.275 e. The van der Waals surface area contributed by atoms with Crippen molar-refractivity contribution in [3.05, 3.63) is 66.0 Å². The minimum Gasteiger partial charge on any atom is -0.488 e. The van der Waals surface area contributed by atoms with Crippen molar-refractivity contribution >= 4 is 5.91 Å². The number of ether oxygens (including phenoxy) is 1. The van der Waals surface area contributed by atoms with Crippen molar-refractivity contribution in [2.45, 2.75) is 13.0 Å². The highest BCUT2D eigenvalue weighted by Gasteiger charge is 2.13. The van der Waals surface area contributed by atoms with Crippen LogP contribution in [0.15, 0.2) is 54.6 Å². The third kappa shape index (κ3) is 6.01. The lowest BCUT2D eigenvalue weighted by Crippen LogP contribution is -3.10. The normalized spacial score (nSPS) is 13.1. The van der Waals surface area contributed by atoms with Crippen LogP contribution in [-0.2, 0) is 4.79 Å². The Kier molecular flexibility index (Phi) is 6.75. The third-order valence-corrected chi connectivity index (χ3v) is 3.75. The second-order valence-electron chi connectivity index (χ2n) is 5.89. The Morgan fingerprint density at radius 3 is 2.50 bits per heavy atom. The molecule has 0 saturated carbocycles. The molecule has 0 aliphatic heterocycles. The third-order valence-electron chi connectivity index (χ3n) is 3.75. The van der Waals surface area contributed by atoms with Crippen molar-refractivity contribution in [1.82, 2.24) is 5.32 Å². The summed E-state index contributed by atoms with van der Waals surface area (Å²) < 4.78 is 18.3. The van der Waals surface area contributed by atoms with Crippen molar-refractivity contribution in [3.63, 3.8) is 0 Å². The maximum absolute atomic E-state index is 12.8. The molecule has 0 saturated heterocycles. The minimum absolute atomic E-state index is 0.00522. The van der Waals surface area contributed by atoms with E-state index in [9.17, 15) is 9.18 Å². The van der Waals surface area contributed by atoms with E-state index in [1.807, 2.05) is 44.3 Å². The Balaban J connectivity index is 1.68. The van der Waals surface area contributed by atoms with Gasteiger partial charge in [-0.15, -0.1) is 0 Å². The van der Waals surface area contributed by atoms with Gasteiger partial charge in [0, 0.05) is 0 Å². The van der Waals surface area contributed by atoms with Gasteiger partial charge < -0.3 is 15.0 Å². The second-order valence-corrected chi connectivity index (χ2v) is 5.89. The van der Waals surface area contributed by atoms with E-state index in [1.54, 1.807) is 12.1 Å². The molecule has 2 aromatic rings. The number of nitrogens with one attached hydrogen (secondary N) is 2. The first-order valence-corrected chi connectivity index (χ1v) is 8.08. The summed E-state index contributed by atoms with van der Waals surface area (Å²) in [5, 5.41) is 3.00. The number of halogens is 1. The number of carbonyl (C=O) groups excluding carboxylic acids is 1. The number of quaternary nitrogens is 1. The summed E-state index contributed by atoms with van der Waals surface area (Å²) in [5.74, 6) is 0.353. The molecule has 1 amide bonds. The maximum atomic E-state index is 12.8. The minimum atomic E-state index is -0.283. The van der Waals surface area contributed by atoms with Crippen LogP contribution in [0.4, 0.5) is 4.39 Å². The molecule has 0 aliphatic rings. The molecule has 2 rings (SSSR count). The summed E-state index contributed by atoms with van der Waals surface area (Å²) in [5.41, 5.74) is 1.09. The van der Waals surface area contributed by atoms with Gasteiger partial charge in [0.25, 0.3) is 5.91 Å². The fourth-order valence-corrected chi connectivity index (χ4v) is 2.35. The fourth-order valence-electron chi connectivity index (χ4n) is 2.35. The predicted octanol–water partition coefficient (Wildman–Crippen LogP) is 1.60. The van der Waals surface area contributed by atoms with Gasteiger partial charge in [-0.2, -0.15) is 0 Å². The molecule has 1 unspecified atom stereocenters. The average molecular weight is 331 g/mol. The Hall–Kier alpha value is -2.40. The monoisotopic (exact) mass is 331 g/mol. The van der Waals surface area contributed by atoms with Gasteiger partial charge in [-0.1, -0.05) is 30.3 Å². The zero-order chi connectivity index (χ0) is 17.4. The zero-order valence-electron chi connectivity index (χ0n) is 14.1. The summed E-state index contributed by atoms with van der Waals surface area (Å²) in [6.07, 6.45) is 0. The number of hydrogen-bond donors (Lipinski definition) is 2. The van der Waals surface area contributed by atoms with Gasteiger partial charge in [-0.05, 0) is 36.8 Å². The molecule has 0 radical (unpaired) electrons. The van der Waals surface area contributed by atoms with Gasteiger partial charge in [-0.25, -0.2) is 4.39 Å². The summed E-state index contributed by atoms with van der Waals surface area (Å²) in [7, 11) is 1.95. The molecular weight excluding hydrogens is 307 g/mol. The van der Waals surface area contributed by atoms with Gasteiger partial charge in [0.05, 0.1) is 13.1 Å². The van der Waals surface area contributed by atoms with Crippen LogP contribution in [0.3, 0.4) is 0 Å². The molecule has 4 nitrogen and oxygen atoms in total. The molecule has 0 fully saturated rings. The summed E-state index contributed by atoms with van der Waals surface area (Å²) in [6.45, 7) is 3.51. The molecule has 2 atom stereocenters. The molecule has 128 valence electrons. The van der Waals surface area contributed by atoms with Gasteiger partial charge in [-0.3, -0.25) is 4.79 Å². The average Bonchev–Trinajstić information content (AvgIpc) is 2.57. The van der Waals surface area contributed by atoms with Crippen LogP contribution in [0.5, 0.6) is 5.75 Å². The van der Waals surface area contributed by atoms with Crippen molar-refractivity contribution in [2.24, 2.45) is 0 Å². The number of hydrogen-bond acceptors (Lipinski definition) is 2. The first kappa shape index (κ1) is 17.9. The Labute approximate surface area is 142 Å². The molecule has 0 heterocycles. The summed E-state index contributed by atoms with van der Waals surface area (Å²) in [4.78, 5) is 13.1. The van der Waals surface area contributed by atoms with Gasteiger partial charge in [0.15, 0.2) is 6.54 Å². The molecule has 0 aromatic heterocycles. The molecule has 5 heteroatoms. The summed E-state index contributed by atoms with van der Waals surface area (Å²) >= 11 is 0. The quantitative estimate of drug-likeness (QED) is 0.772. The standard InChI is InChI=1S/C19H23FN2O2/c1-15(16-6-4-3-5-7-16)21-19(23)14-22(2)12-13-24-18-10-8-17(20)9-11-18/h3-11,15H,12-14H2,1-2H3,(H,21,23)/p+1/t15-/m0/s1. The van der Waals surface area contributed by atoms with Crippen LogP contribution in [0.2, 0.25) is 0 Å². The lowest BCUT2D eigenvalue weighted by Gasteiger charge is -2.17. The van der Waals surface area contributed by atoms with E-state index in [0.29, 0.717) is 25.4 Å². The maximum Gasteiger partial charge on any atom is 0.275 e. The van der Waals surface area contributed by atoms with Crippen LogP contribution >= 0.6 is 0 Å². The first-order chi connectivity index (χ1) is 11.5.